The lowest BCUT2D eigenvalue weighted by Crippen LogP contribution is -2.37. The van der Waals surface area contributed by atoms with Crippen LogP contribution in [0.4, 0.5) is 21.0 Å². The molecule has 8 nitrogen and oxygen atoms in total. The van der Waals surface area contributed by atoms with Gasteiger partial charge in [0.05, 0.1) is 0 Å². The number of phenols is 2. The fourth-order valence-corrected chi connectivity index (χ4v) is 5.73. The van der Waals surface area contributed by atoms with Crippen molar-refractivity contribution >= 4 is 23.4 Å². The number of urea groups is 2. The van der Waals surface area contributed by atoms with Gasteiger partial charge in [-0.3, -0.25) is 0 Å². The minimum absolute atomic E-state index is 0.0208. The van der Waals surface area contributed by atoms with Crippen molar-refractivity contribution < 1.29 is 19.8 Å². The zero-order valence-electron chi connectivity index (χ0n) is 28.8. The number of anilines is 2. The van der Waals surface area contributed by atoms with Gasteiger partial charge in [-0.2, -0.15) is 0 Å². The number of rotatable bonds is 14. The Kier molecular flexibility index (Phi) is 12.5. The highest BCUT2D eigenvalue weighted by atomic mass is 16.3. The molecule has 0 bridgehead atoms. The summed E-state index contributed by atoms with van der Waals surface area (Å²) in [5, 5.41) is 31.2. The van der Waals surface area contributed by atoms with Crippen molar-refractivity contribution in [3.63, 3.8) is 0 Å². The van der Waals surface area contributed by atoms with Crippen LogP contribution in [0.1, 0.15) is 74.8 Å². The summed E-state index contributed by atoms with van der Waals surface area (Å²) in [6.07, 6.45) is 4.79. The molecule has 2 unspecified atom stereocenters. The SMILES string of the molecule is Cc1ccc(CCC(C)(C)c2ccccc2NC(=O)NC(C)CCc2ccc(O)cc2)cc1NC(=O)NC(C)CCc1ccc(O)cc1. The first-order chi connectivity index (χ1) is 22.9. The Hall–Kier alpha value is -4.98. The van der Waals surface area contributed by atoms with Crippen LogP contribution < -0.4 is 21.3 Å². The van der Waals surface area contributed by atoms with E-state index < -0.39 is 0 Å². The Bertz CT molecular complexity index is 1650. The molecule has 48 heavy (non-hydrogen) atoms. The molecule has 4 aromatic carbocycles. The van der Waals surface area contributed by atoms with Crippen LogP contribution in [0.2, 0.25) is 0 Å². The maximum absolute atomic E-state index is 13.0. The number of benzene rings is 4. The van der Waals surface area contributed by atoms with E-state index in [4.69, 9.17) is 0 Å². The van der Waals surface area contributed by atoms with Gasteiger partial charge in [0.25, 0.3) is 0 Å². The molecule has 0 aliphatic rings. The van der Waals surface area contributed by atoms with Crippen molar-refractivity contribution in [1.29, 1.82) is 0 Å². The van der Waals surface area contributed by atoms with Gasteiger partial charge < -0.3 is 31.5 Å². The highest BCUT2D eigenvalue weighted by Crippen LogP contribution is 2.34. The number of aromatic hydroxyl groups is 2. The summed E-state index contributed by atoms with van der Waals surface area (Å²) in [6.45, 7) is 10.3. The lowest BCUT2D eigenvalue weighted by atomic mass is 9.78. The number of phenolic OH excluding ortho intramolecular Hbond substituents is 2. The van der Waals surface area contributed by atoms with E-state index in [1.807, 2.05) is 75.4 Å². The molecule has 6 N–H and O–H groups in total. The summed E-state index contributed by atoms with van der Waals surface area (Å²) < 4.78 is 0. The summed E-state index contributed by atoms with van der Waals surface area (Å²) >= 11 is 0. The third kappa shape index (κ3) is 11.1. The Morgan fingerprint density at radius 1 is 0.646 bits per heavy atom. The van der Waals surface area contributed by atoms with Gasteiger partial charge in [-0.05, 0) is 129 Å². The van der Waals surface area contributed by atoms with E-state index in [0.717, 1.165) is 77.7 Å². The normalized spacial score (nSPS) is 12.5. The van der Waals surface area contributed by atoms with E-state index in [9.17, 15) is 19.8 Å². The summed E-state index contributed by atoms with van der Waals surface area (Å²) in [6, 6.07) is 27.9. The van der Waals surface area contributed by atoms with Crippen molar-refractivity contribution in [2.45, 2.75) is 90.6 Å². The smallest absolute Gasteiger partial charge is 0.319 e. The summed E-state index contributed by atoms with van der Waals surface area (Å²) in [7, 11) is 0. The van der Waals surface area contributed by atoms with Crippen LogP contribution in [0.15, 0.2) is 91.0 Å². The number of carbonyl (C=O) groups is 2. The van der Waals surface area contributed by atoms with Crippen molar-refractivity contribution in [2.75, 3.05) is 10.6 Å². The number of amides is 4. The second-order valence-corrected chi connectivity index (χ2v) is 13.5. The van der Waals surface area contributed by atoms with Crippen molar-refractivity contribution in [2.24, 2.45) is 0 Å². The standard InChI is InChI=1S/C40H50N4O4/c1-27-10-13-32(26-37(27)44-39(48)42-29(3)12-15-31-18-22-34(46)23-19-31)24-25-40(4,5)35-8-6-7-9-36(35)43-38(47)41-28(2)11-14-30-16-20-33(45)21-17-30/h6-10,13,16-23,26,28-29,45-46H,11-12,14-15,24-25H2,1-5H3,(H2,41,43,47)(H2,42,44,48). The predicted molar refractivity (Wildman–Crippen MR) is 195 cm³/mol. The zero-order valence-corrected chi connectivity index (χ0v) is 28.8. The number of hydrogen-bond acceptors (Lipinski definition) is 4. The van der Waals surface area contributed by atoms with Crippen LogP contribution >= 0.6 is 0 Å². The van der Waals surface area contributed by atoms with Gasteiger partial charge in [0.15, 0.2) is 0 Å². The number of carbonyl (C=O) groups excluding carboxylic acids is 2. The van der Waals surface area contributed by atoms with E-state index in [0.29, 0.717) is 0 Å². The predicted octanol–water partition coefficient (Wildman–Crippen LogP) is 8.60. The zero-order chi connectivity index (χ0) is 34.7. The topological polar surface area (TPSA) is 123 Å². The first-order valence-electron chi connectivity index (χ1n) is 16.8. The van der Waals surface area contributed by atoms with E-state index in [2.05, 4.69) is 47.2 Å². The number of aryl methyl sites for hydroxylation is 4. The van der Waals surface area contributed by atoms with Crippen molar-refractivity contribution in [3.8, 4) is 11.5 Å². The van der Waals surface area contributed by atoms with Gasteiger partial charge in [0, 0.05) is 23.5 Å². The fourth-order valence-electron chi connectivity index (χ4n) is 5.73. The molecular weight excluding hydrogens is 600 g/mol. The molecule has 0 heterocycles. The van der Waals surface area contributed by atoms with Crippen LogP contribution in [-0.4, -0.2) is 34.4 Å². The van der Waals surface area contributed by atoms with E-state index in [1.165, 1.54) is 0 Å². The quantitative estimate of drug-likeness (QED) is 0.0818. The van der Waals surface area contributed by atoms with Crippen LogP contribution in [-0.2, 0) is 24.7 Å². The molecule has 4 amide bonds. The van der Waals surface area contributed by atoms with E-state index in [1.54, 1.807) is 24.3 Å². The summed E-state index contributed by atoms with van der Waals surface area (Å²) in [4.78, 5) is 25.8. The second-order valence-electron chi connectivity index (χ2n) is 13.5. The molecule has 0 saturated carbocycles. The van der Waals surface area contributed by atoms with E-state index >= 15 is 0 Å². The molecule has 254 valence electrons. The van der Waals surface area contributed by atoms with Gasteiger partial charge in [0.1, 0.15) is 11.5 Å². The fraction of sp³-hybridized carbons (Fsp3) is 0.350. The Labute approximate surface area is 285 Å². The Balaban J connectivity index is 1.29. The third-order valence-electron chi connectivity index (χ3n) is 8.85. The molecule has 4 rings (SSSR count). The second kappa shape index (κ2) is 16.7. The first-order valence-corrected chi connectivity index (χ1v) is 16.8. The van der Waals surface area contributed by atoms with Crippen LogP contribution in [0, 0.1) is 6.92 Å². The van der Waals surface area contributed by atoms with Crippen LogP contribution in [0.5, 0.6) is 11.5 Å². The number of hydrogen-bond donors (Lipinski definition) is 6. The van der Waals surface area contributed by atoms with Gasteiger partial charge >= 0.3 is 12.1 Å². The van der Waals surface area contributed by atoms with E-state index in [-0.39, 0.29) is 41.1 Å². The average molecular weight is 651 g/mol. The minimum atomic E-state index is -0.239. The average Bonchev–Trinajstić information content (AvgIpc) is 3.04. The van der Waals surface area contributed by atoms with Gasteiger partial charge in [-0.25, -0.2) is 9.59 Å². The first kappa shape index (κ1) is 35.9. The highest BCUT2D eigenvalue weighted by Gasteiger charge is 2.24. The molecule has 0 saturated heterocycles. The molecule has 0 aromatic heterocycles. The molecule has 2 atom stereocenters. The maximum atomic E-state index is 13.0. The third-order valence-corrected chi connectivity index (χ3v) is 8.85. The van der Waals surface area contributed by atoms with Gasteiger partial charge in [-0.1, -0.05) is 68.4 Å². The lowest BCUT2D eigenvalue weighted by molar-refractivity contribution is 0.247. The molecular formula is C40H50N4O4. The molecule has 0 spiro atoms. The largest absolute Gasteiger partial charge is 0.508 e. The Morgan fingerprint density at radius 2 is 1.12 bits per heavy atom. The van der Waals surface area contributed by atoms with Crippen LogP contribution in [0.3, 0.4) is 0 Å². The number of para-hydroxylation sites is 1. The monoisotopic (exact) mass is 650 g/mol. The Morgan fingerprint density at radius 3 is 1.67 bits per heavy atom. The molecule has 0 radical (unpaired) electrons. The lowest BCUT2D eigenvalue weighted by Gasteiger charge is -2.28. The molecule has 0 fully saturated rings. The molecule has 0 aliphatic heterocycles. The van der Waals surface area contributed by atoms with Crippen molar-refractivity contribution in [3.05, 3.63) is 119 Å². The summed E-state index contributed by atoms with van der Waals surface area (Å²) in [5.41, 5.74) is 6.72. The van der Waals surface area contributed by atoms with Crippen LogP contribution in [0.25, 0.3) is 0 Å². The molecule has 8 heteroatoms. The van der Waals surface area contributed by atoms with Gasteiger partial charge in [-0.15, -0.1) is 0 Å². The minimum Gasteiger partial charge on any atom is -0.508 e. The van der Waals surface area contributed by atoms with Crippen molar-refractivity contribution in [1.82, 2.24) is 10.6 Å². The number of nitrogens with one attached hydrogen (secondary N) is 4. The molecule has 4 aromatic rings. The highest BCUT2D eigenvalue weighted by molar-refractivity contribution is 5.91. The van der Waals surface area contributed by atoms with Gasteiger partial charge in [0.2, 0.25) is 0 Å². The summed E-state index contributed by atoms with van der Waals surface area (Å²) in [5.74, 6) is 0.494. The maximum Gasteiger partial charge on any atom is 0.319 e. The molecule has 0 aliphatic carbocycles.